The van der Waals surface area contributed by atoms with Gasteiger partial charge in [-0.15, -0.1) is 0 Å². The van der Waals surface area contributed by atoms with Gasteiger partial charge in [-0.25, -0.2) is 4.98 Å². The van der Waals surface area contributed by atoms with Crippen LogP contribution in [0.15, 0.2) is 41.5 Å². The summed E-state index contributed by atoms with van der Waals surface area (Å²) in [5.41, 5.74) is 7.52. The molecule has 6 N–H and O–H groups in total. The molecule has 0 amide bonds. The number of benzene rings is 1. The van der Waals surface area contributed by atoms with Gasteiger partial charge in [0.2, 0.25) is 5.95 Å². The normalized spacial score (nSPS) is 11.1. The zero-order valence-electron chi connectivity index (χ0n) is 13.9. The summed E-state index contributed by atoms with van der Waals surface area (Å²) in [5.74, 6) is 0.882. The van der Waals surface area contributed by atoms with Gasteiger partial charge >= 0.3 is 0 Å². The number of nitrogens with one attached hydrogen (secondary N) is 4. The van der Waals surface area contributed by atoms with Gasteiger partial charge in [-0.3, -0.25) is 9.89 Å². The Bertz CT molecular complexity index is 1120. The van der Waals surface area contributed by atoms with Crippen molar-refractivity contribution in [1.29, 1.82) is 0 Å². The number of rotatable bonds is 6. The molecule has 0 aliphatic heterocycles. The molecule has 0 radical (unpaired) electrons. The van der Waals surface area contributed by atoms with Crippen molar-refractivity contribution in [3.05, 3.63) is 47.0 Å². The quantitative estimate of drug-likeness (QED) is 0.334. The third-order valence-corrected chi connectivity index (χ3v) is 3.99. The number of H-pyrrole nitrogens is 2. The van der Waals surface area contributed by atoms with Gasteiger partial charge in [0, 0.05) is 23.8 Å². The largest absolute Gasteiger partial charge is 0.354 e. The average molecular weight is 350 g/mol. The van der Waals surface area contributed by atoms with Crippen LogP contribution in [0.4, 0.5) is 17.5 Å². The second-order valence-electron chi connectivity index (χ2n) is 5.83. The van der Waals surface area contributed by atoms with Crippen LogP contribution in [-0.2, 0) is 0 Å². The van der Waals surface area contributed by atoms with Gasteiger partial charge in [-0.2, -0.15) is 10.1 Å². The lowest BCUT2D eigenvalue weighted by Gasteiger charge is -2.11. The van der Waals surface area contributed by atoms with E-state index in [1.54, 1.807) is 18.5 Å². The third-order valence-electron chi connectivity index (χ3n) is 3.99. The van der Waals surface area contributed by atoms with E-state index in [1.807, 2.05) is 18.2 Å². The van der Waals surface area contributed by atoms with Gasteiger partial charge in [0.1, 0.15) is 11.2 Å². The summed E-state index contributed by atoms with van der Waals surface area (Å²) < 4.78 is 0. The van der Waals surface area contributed by atoms with E-state index in [0.717, 1.165) is 23.0 Å². The van der Waals surface area contributed by atoms with Crippen LogP contribution < -0.4 is 21.9 Å². The second-order valence-corrected chi connectivity index (χ2v) is 5.83. The average Bonchev–Trinajstić information content (AvgIpc) is 3.10. The Morgan fingerprint density at radius 3 is 3.00 bits per heavy atom. The number of hydrogen-bond acceptors (Lipinski definition) is 7. The molecule has 0 unspecified atom stereocenters. The summed E-state index contributed by atoms with van der Waals surface area (Å²) in [6.07, 6.45) is 4.13. The molecule has 0 aliphatic carbocycles. The summed E-state index contributed by atoms with van der Waals surface area (Å²) in [5, 5.41) is 14.7. The fourth-order valence-electron chi connectivity index (χ4n) is 2.71. The fourth-order valence-corrected chi connectivity index (χ4v) is 2.71. The molecule has 9 nitrogen and oxygen atoms in total. The first-order valence-corrected chi connectivity index (χ1v) is 8.28. The predicted octanol–water partition coefficient (Wildman–Crippen LogP) is 1.70. The third kappa shape index (κ3) is 3.07. The first-order chi connectivity index (χ1) is 12.7. The standard InChI is InChI=1S/C17H18N8O/c18-5-1-6-20-17-23-12-4-7-19-16(26)14(12)15(24-17)22-11-3-2-10-9-21-25-13(10)8-11/h2-4,7-9H,1,5-6,18H2,(H,19,26)(H,21,25)(H2,20,22,23,24). The van der Waals surface area contributed by atoms with Gasteiger partial charge in [0.15, 0.2) is 0 Å². The summed E-state index contributed by atoms with van der Waals surface area (Å²) in [6, 6.07) is 7.50. The van der Waals surface area contributed by atoms with Crippen molar-refractivity contribution < 1.29 is 0 Å². The summed E-state index contributed by atoms with van der Waals surface area (Å²) in [7, 11) is 0. The molecule has 4 rings (SSSR count). The minimum Gasteiger partial charge on any atom is -0.354 e. The van der Waals surface area contributed by atoms with Crippen molar-refractivity contribution in [2.45, 2.75) is 6.42 Å². The van der Waals surface area contributed by atoms with Crippen molar-refractivity contribution in [2.75, 3.05) is 23.7 Å². The minimum atomic E-state index is -0.249. The number of anilines is 3. The maximum Gasteiger partial charge on any atom is 0.261 e. The molecule has 0 aliphatic rings. The number of nitrogens with zero attached hydrogens (tertiary/aromatic N) is 3. The van der Waals surface area contributed by atoms with Crippen LogP contribution in [0.3, 0.4) is 0 Å². The van der Waals surface area contributed by atoms with Gasteiger partial charge in [-0.1, -0.05) is 0 Å². The Kier molecular flexibility index (Phi) is 4.20. The highest BCUT2D eigenvalue weighted by atomic mass is 16.1. The zero-order valence-corrected chi connectivity index (χ0v) is 13.9. The molecule has 0 bridgehead atoms. The van der Waals surface area contributed by atoms with Gasteiger partial charge in [0.05, 0.1) is 17.2 Å². The molecular weight excluding hydrogens is 332 g/mol. The van der Waals surface area contributed by atoms with Crippen LogP contribution in [0.5, 0.6) is 0 Å². The lowest BCUT2D eigenvalue weighted by molar-refractivity contribution is 0.865. The van der Waals surface area contributed by atoms with Gasteiger partial charge < -0.3 is 21.4 Å². The molecule has 0 atom stereocenters. The second kappa shape index (κ2) is 6.81. The number of fused-ring (bicyclic) bond motifs is 2. The van der Waals surface area contributed by atoms with E-state index < -0.39 is 0 Å². The predicted molar refractivity (Wildman–Crippen MR) is 102 cm³/mol. The molecule has 4 aromatic rings. The highest BCUT2D eigenvalue weighted by molar-refractivity contribution is 5.92. The number of aromatic nitrogens is 5. The van der Waals surface area contributed by atoms with Crippen molar-refractivity contribution in [3.8, 4) is 0 Å². The lowest BCUT2D eigenvalue weighted by Crippen LogP contribution is -2.14. The maximum absolute atomic E-state index is 12.3. The molecule has 0 saturated heterocycles. The van der Waals surface area contributed by atoms with Crippen LogP contribution >= 0.6 is 0 Å². The van der Waals surface area contributed by atoms with E-state index in [0.29, 0.717) is 35.8 Å². The van der Waals surface area contributed by atoms with Gasteiger partial charge in [0.25, 0.3) is 5.56 Å². The SMILES string of the molecule is NCCCNc1nc(Nc2ccc3cn[nH]c3c2)c2c(=O)[nH]ccc2n1. The smallest absolute Gasteiger partial charge is 0.261 e. The van der Waals surface area contributed by atoms with Crippen LogP contribution in [0.1, 0.15) is 6.42 Å². The molecule has 0 spiro atoms. The zero-order chi connectivity index (χ0) is 17.9. The number of nitrogens with two attached hydrogens (primary N) is 1. The molecule has 3 aromatic heterocycles. The highest BCUT2D eigenvalue weighted by Crippen LogP contribution is 2.24. The summed E-state index contributed by atoms with van der Waals surface area (Å²) in [4.78, 5) is 23.9. The first-order valence-electron chi connectivity index (χ1n) is 8.28. The molecular formula is C17H18N8O. The maximum atomic E-state index is 12.3. The van der Waals surface area contributed by atoms with E-state index in [4.69, 9.17) is 5.73 Å². The molecule has 1 aromatic carbocycles. The van der Waals surface area contributed by atoms with Crippen molar-refractivity contribution in [2.24, 2.45) is 5.73 Å². The molecule has 0 saturated carbocycles. The van der Waals surface area contributed by atoms with E-state index in [2.05, 4.69) is 35.8 Å². The Balaban J connectivity index is 1.76. The minimum absolute atomic E-state index is 0.249. The van der Waals surface area contributed by atoms with Crippen molar-refractivity contribution in [1.82, 2.24) is 25.1 Å². The van der Waals surface area contributed by atoms with Crippen molar-refractivity contribution >= 4 is 39.3 Å². The molecule has 26 heavy (non-hydrogen) atoms. The van der Waals surface area contributed by atoms with Crippen LogP contribution in [-0.4, -0.2) is 38.2 Å². The molecule has 0 fully saturated rings. The Morgan fingerprint density at radius 2 is 2.12 bits per heavy atom. The van der Waals surface area contributed by atoms with Crippen LogP contribution in [0.2, 0.25) is 0 Å². The molecule has 132 valence electrons. The lowest BCUT2D eigenvalue weighted by atomic mass is 10.2. The van der Waals surface area contributed by atoms with E-state index in [1.165, 1.54) is 0 Å². The summed E-state index contributed by atoms with van der Waals surface area (Å²) in [6.45, 7) is 1.24. The summed E-state index contributed by atoms with van der Waals surface area (Å²) >= 11 is 0. The first kappa shape index (κ1) is 16.0. The van der Waals surface area contributed by atoms with Crippen molar-refractivity contribution in [3.63, 3.8) is 0 Å². The van der Waals surface area contributed by atoms with Crippen LogP contribution in [0.25, 0.3) is 21.8 Å². The monoisotopic (exact) mass is 350 g/mol. The van der Waals surface area contributed by atoms with E-state index in [9.17, 15) is 4.79 Å². The van der Waals surface area contributed by atoms with Gasteiger partial charge in [-0.05, 0) is 37.2 Å². The number of aromatic amines is 2. The number of pyridine rings is 1. The van der Waals surface area contributed by atoms with E-state index >= 15 is 0 Å². The Hall–Kier alpha value is -3.46. The van der Waals surface area contributed by atoms with E-state index in [-0.39, 0.29) is 5.56 Å². The molecule has 3 heterocycles. The Morgan fingerprint density at radius 1 is 1.19 bits per heavy atom. The highest BCUT2D eigenvalue weighted by Gasteiger charge is 2.12. The molecule has 9 heteroatoms. The Labute approximate surface area is 148 Å². The van der Waals surface area contributed by atoms with Crippen LogP contribution in [0, 0.1) is 0 Å². The number of hydrogen-bond donors (Lipinski definition) is 5. The fraction of sp³-hybridized carbons (Fsp3) is 0.176. The topological polar surface area (TPSA) is 137 Å².